The van der Waals surface area contributed by atoms with Crippen LogP contribution in [-0.2, 0) is 16.0 Å². The van der Waals surface area contributed by atoms with Crippen molar-refractivity contribution in [2.24, 2.45) is 5.73 Å². The van der Waals surface area contributed by atoms with Crippen LogP contribution in [0.3, 0.4) is 0 Å². The highest BCUT2D eigenvalue weighted by Crippen LogP contribution is 2.38. The van der Waals surface area contributed by atoms with Crippen molar-refractivity contribution in [1.29, 1.82) is 0 Å². The summed E-state index contributed by atoms with van der Waals surface area (Å²) in [5, 5.41) is 2.81. The topological polar surface area (TPSA) is 120 Å². The number of amides is 3. The van der Waals surface area contributed by atoms with Gasteiger partial charge in [0.25, 0.3) is 11.8 Å². The van der Waals surface area contributed by atoms with Gasteiger partial charge in [0, 0.05) is 23.5 Å². The lowest BCUT2D eigenvalue weighted by Crippen LogP contribution is -2.31. The molecule has 9 nitrogen and oxygen atoms in total. The maximum absolute atomic E-state index is 12.9. The van der Waals surface area contributed by atoms with Gasteiger partial charge >= 0.3 is 0 Å². The zero-order chi connectivity index (χ0) is 26.1. The standard InChI is InChI=1S/C27H29N3O6/c1-4-30(21-8-6-5-7-9-21)25(32)14-18-10-12-20(13-11-18)29-27(33)19-15-22(34-2)26(23(16-19)35-3)36-17-24(28)31/h5-13,15-16H,4,14,17H2,1-3H3,(H2,28,31)(H,29,33). The Morgan fingerprint density at radius 3 is 2.06 bits per heavy atom. The molecule has 0 saturated heterocycles. The first-order valence-corrected chi connectivity index (χ1v) is 11.3. The lowest BCUT2D eigenvalue weighted by atomic mass is 10.1. The van der Waals surface area contributed by atoms with E-state index in [0.29, 0.717) is 12.2 Å². The van der Waals surface area contributed by atoms with Gasteiger partial charge in [-0.05, 0) is 48.9 Å². The summed E-state index contributed by atoms with van der Waals surface area (Å²) in [6.45, 7) is 2.13. The quantitative estimate of drug-likeness (QED) is 0.424. The Balaban J connectivity index is 1.70. The minimum atomic E-state index is -0.659. The molecule has 188 valence electrons. The molecule has 0 saturated carbocycles. The first kappa shape index (κ1) is 26.1. The van der Waals surface area contributed by atoms with Gasteiger partial charge in [-0.2, -0.15) is 0 Å². The first-order valence-electron chi connectivity index (χ1n) is 11.3. The third-order valence-electron chi connectivity index (χ3n) is 5.33. The maximum Gasteiger partial charge on any atom is 0.255 e. The van der Waals surface area contributed by atoms with Gasteiger partial charge in [0.2, 0.25) is 11.7 Å². The highest BCUT2D eigenvalue weighted by Gasteiger charge is 2.19. The SMILES string of the molecule is CCN(C(=O)Cc1ccc(NC(=O)c2cc(OC)c(OCC(N)=O)c(OC)c2)cc1)c1ccccc1. The molecule has 0 aliphatic carbocycles. The molecule has 3 aromatic rings. The van der Waals surface area contributed by atoms with Crippen molar-refractivity contribution in [3.8, 4) is 17.2 Å². The number of primary amides is 1. The van der Waals surface area contributed by atoms with E-state index in [4.69, 9.17) is 19.9 Å². The number of nitrogens with zero attached hydrogens (tertiary/aromatic N) is 1. The van der Waals surface area contributed by atoms with Crippen molar-refractivity contribution in [2.75, 3.05) is 37.6 Å². The normalized spacial score (nSPS) is 10.3. The summed E-state index contributed by atoms with van der Waals surface area (Å²) in [6.07, 6.45) is 0.234. The van der Waals surface area contributed by atoms with Crippen molar-refractivity contribution >= 4 is 29.1 Å². The summed E-state index contributed by atoms with van der Waals surface area (Å²) in [5.74, 6) is -0.479. The van der Waals surface area contributed by atoms with Gasteiger partial charge in [0.05, 0.1) is 20.6 Å². The van der Waals surface area contributed by atoms with E-state index in [-0.39, 0.29) is 41.7 Å². The fourth-order valence-electron chi connectivity index (χ4n) is 3.59. The molecule has 0 heterocycles. The Morgan fingerprint density at radius 2 is 1.53 bits per heavy atom. The number of hydrogen-bond acceptors (Lipinski definition) is 6. The molecule has 0 aliphatic heterocycles. The Bertz CT molecular complexity index is 1190. The second kappa shape index (κ2) is 12.3. The predicted octanol–water partition coefficient (Wildman–Crippen LogP) is 3.42. The summed E-state index contributed by atoms with van der Waals surface area (Å²) >= 11 is 0. The highest BCUT2D eigenvalue weighted by molar-refractivity contribution is 6.05. The van der Waals surface area contributed by atoms with E-state index in [9.17, 15) is 14.4 Å². The fourth-order valence-corrected chi connectivity index (χ4v) is 3.59. The van der Waals surface area contributed by atoms with E-state index < -0.39 is 11.8 Å². The van der Waals surface area contributed by atoms with Crippen LogP contribution in [0.15, 0.2) is 66.7 Å². The Hall–Kier alpha value is -4.53. The molecule has 36 heavy (non-hydrogen) atoms. The molecule has 3 rings (SSSR count). The first-order chi connectivity index (χ1) is 17.4. The molecule has 0 atom stereocenters. The minimum Gasteiger partial charge on any atom is -0.493 e. The van der Waals surface area contributed by atoms with Crippen LogP contribution < -0.4 is 30.2 Å². The van der Waals surface area contributed by atoms with Crippen LogP contribution in [0.1, 0.15) is 22.8 Å². The number of carbonyl (C=O) groups is 3. The molecule has 0 aromatic heterocycles. The van der Waals surface area contributed by atoms with Crippen LogP contribution in [0.5, 0.6) is 17.2 Å². The van der Waals surface area contributed by atoms with E-state index in [1.54, 1.807) is 29.2 Å². The molecule has 0 bridgehead atoms. The lowest BCUT2D eigenvalue weighted by Gasteiger charge is -2.21. The molecule has 0 unspecified atom stereocenters. The minimum absolute atomic E-state index is 0.0154. The van der Waals surface area contributed by atoms with Crippen molar-refractivity contribution < 1.29 is 28.6 Å². The molecular weight excluding hydrogens is 462 g/mol. The van der Waals surface area contributed by atoms with E-state index in [1.807, 2.05) is 37.3 Å². The van der Waals surface area contributed by atoms with Crippen LogP contribution in [0.2, 0.25) is 0 Å². The number of likely N-dealkylation sites (N-methyl/N-ethyl adjacent to an activating group) is 1. The number of rotatable bonds is 11. The molecule has 3 aromatic carbocycles. The molecule has 0 aliphatic rings. The number of para-hydroxylation sites is 1. The van der Waals surface area contributed by atoms with Crippen molar-refractivity contribution in [1.82, 2.24) is 0 Å². The molecule has 3 N–H and O–H groups in total. The van der Waals surface area contributed by atoms with Crippen LogP contribution in [0.25, 0.3) is 0 Å². The van der Waals surface area contributed by atoms with Crippen molar-refractivity contribution in [2.45, 2.75) is 13.3 Å². The summed E-state index contributed by atoms with van der Waals surface area (Å²) in [7, 11) is 2.82. The van der Waals surface area contributed by atoms with Crippen molar-refractivity contribution in [3.63, 3.8) is 0 Å². The number of carbonyl (C=O) groups excluding carboxylic acids is 3. The molecule has 0 radical (unpaired) electrons. The van der Waals surface area contributed by atoms with Crippen molar-refractivity contribution in [3.05, 3.63) is 77.9 Å². The number of methoxy groups -OCH3 is 2. The smallest absolute Gasteiger partial charge is 0.255 e. The van der Waals surface area contributed by atoms with Crippen LogP contribution in [0, 0.1) is 0 Å². The van der Waals surface area contributed by atoms with Crippen LogP contribution in [0.4, 0.5) is 11.4 Å². The fraction of sp³-hybridized carbons (Fsp3) is 0.222. The van der Waals surface area contributed by atoms with Gasteiger partial charge in [-0.15, -0.1) is 0 Å². The Labute approximate surface area is 209 Å². The number of hydrogen-bond donors (Lipinski definition) is 2. The second-order valence-corrected chi connectivity index (χ2v) is 7.77. The zero-order valence-electron chi connectivity index (χ0n) is 20.4. The maximum atomic E-state index is 12.9. The summed E-state index contributed by atoms with van der Waals surface area (Å²) in [6, 6.07) is 19.5. The van der Waals surface area contributed by atoms with Gasteiger partial charge in [-0.1, -0.05) is 30.3 Å². The summed E-state index contributed by atoms with van der Waals surface area (Å²) in [5.41, 5.74) is 7.63. The monoisotopic (exact) mass is 491 g/mol. The predicted molar refractivity (Wildman–Crippen MR) is 137 cm³/mol. The molecular formula is C27H29N3O6. The average Bonchev–Trinajstić information content (AvgIpc) is 2.89. The molecule has 9 heteroatoms. The molecule has 0 spiro atoms. The van der Waals surface area contributed by atoms with Gasteiger partial charge in [0.15, 0.2) is 18.1 Å². The van der Waals surface area contributed by atoms with Gasteiger partial charge in [0.1, 0.15) is 0 Å². The van der Waals surface area contributed by atoms with E-state index in [2.05, 4.69) is 5.32 Å². The number of nitrogens with one attached hydrogen (secondary N) is 1. The number of anilines is 2. The average molecular weight is 492 g/mol. The second-order valence-electron chi connectivity index (χ2n) is 7.77. The summed E-state index contributed by atoms with van der Waals surface area (Å²) in [4.78, 5) is 38.5. The molecule has 0 fully saturated rings. The number of ether oxygens (including phenoxy) is 3. The molecule has 3 amide bonds. The van der Waals surface area contributed by atoms with Crippen LogP contribution in [-0.4, -0.2) is 45.1 Å². The van der Waals surface area contributed by atoms with E-state index >= 15 is 0 Å². The Morgan fingerprint density at radius 1 is 0.917 bits per heavy atom. The third kappa shape index (κ3) is 6.53. The van der Waals surface area contributed by atoms with Gasteiger partial charge < -0.3 is 30.2 Å². The van der Waals surface area contributed by atoms with Crippen LogP contribution >= 0.6 is 0 Å². The van der Waals surface area contributed by atoms with Gasteiger partial charge in [-0.3, -0.25) is 14.4 Å². The van der Waals surface area contributed by atoms with E-state index in [0.717, 1.165) is 11.3 Å². The summed E-state index contributed by atoms with van der Waals surface area (Å²) < 4.78 is 16.0. The Kier molecular flexibility index (Phi) is 8.88. The van der Waals surface area contributed by atoms with Gasteiger partial charge in [-0.25, -0.2) is 0 Å². The third-order valence-corrected chi connectivity index (χ3v) is 5.33. The lowest BCUT2D eigenvalue weighted by molar-refractivity contribution is -0.120. The highest BCUT2D eigenvalue weighted by atomic mass is 16.5. The van der Waals surface area contributed by atoms with E-state index in [1.165, 1.54) is 26.4 Å². The number of benzene rings is 3. The largest absolute Gasteiger partial charge is 0.493 e. The zero-order valence-corrected chi connectivity index (χ0v) is 20.4. The number of nitrogens with two attached hydrogens (primary N) is 1.